The third kappa shape index (κ3) is 4.81. The fourth-order valence-electron chi connectivity index (χ4n) is 1.16. The first kappa shape index (κ1) is 12.5. The molecule has 0 saturated carbocycles. The topological polar surface area (TPSA) is 42.2 Å². The van der Waals surface area contributed by atoms with Crippen LogP contribution in [-0.4, -0.2) is 18.8 Å². The van der Waals surface area contributed by atoms with Crippen LogP contribution < -0.4 is 4.74 Å². The van der Waals surface area contributed by atoms with Gasteiger partial charge < -0.3 is 9.47 Å². The summed E-state index contributed by atoms with van der Waals surface area (Å²) in [5.41, 5.74) is 0.465. The molecular formula is C13H17NO2. The standard InChI is InChI=1S/C13H17NO2/c1-13(2,3)16-8-7-15-12-6-4-5-11(9-12)10-14/h4-6,9H,7-8H2,1-3H3. The molecule has 86 valence electrons. The molecule has 3 nitrogen and oxygen atoms in total. The van der Waals surface area contributed by atoms with E-state index in [9.17, 15) is 0 Å². The third-order valence-electron chi connectivity index (χ3n) is 1.85. The zero-order chi connectivity index (χ0) is 12.0. The highest BCUT2D eigenvalue weighted by Gasteiger charge is 2.09. The fraction of sp³-hybridized carbons (Fsp3) is 0.462. The SMILES string of the molecule is CC(C)(C)OCCOc1cccc(C#N)c1. The molecule has 0 aliphatic heterocycles. The molecule has 16 heavy (non-hydrogen) atoms. The summed E-state index contributed by atoms with van der Waals surface area (Å²) in [6.45, 7) is 7.04. The van der Waals surface area contributed by atoms with E-state index in [2.05, 4.69) is 6.07 Å². The van der Waals surface area contributed by atoms with Crippen LogP contribution >= 0.6 is 0 Å². The van der Waals surface area contributed by atoms with Gasteiger partial charge in [0, 0.05) is 0 Å². The van der Waals surface area contributed by atoms with Gasteiger partial charge in [-0.3, -0.25) is 0 Å². The van der Waals surface area contributed by atoms with Crippen molar-refractivity contribution in [3.05, 3.63) is 29.8 Å². The van der Waals surface area contributed by atoms with Crippen LogP contribution in [0, 0.1) is 11.3 Å². The van der Waals surface area contributed by atoms with Gasteiger partial charge in [0.1, 0.15) is 12.4 Å². The van der Waals surface area contributed by atoms with E-state index < -0.39 is 0 Å². The van der Waals surface area contributed by atoms with E-state index in [1.165, 1.54) is 0 Å². The summed E-state index contributed by atoms with van der Waals surface area (Å²) in [7, 11) is 0. The number of rotatable bonds is 4. The van der Waals surface area contributed by atoms with Crippen molar-refractivity contribution >= 4 is 0 Å². The number of ether oxygens (including phenoxy) is 2. The van der Waals surface area contributed by atoms with E-state index in [-0.39, 0.29) is 5.60 Å². The van der Waals surface area contributed by atoms with E-state index in [0.717, 1.165) is 0 Å². The van der Waals surface area contributed by atoms with Gasteiger partial charge in [-0.1, -0.05) is 6.07 Å². The largest absolute Gasteiger partial charge is 0.491 e. The van der Waals surface area contributed by atoms with E-state index >= 15 is 0 Å². The van der Waals surface area contributed by atoms with Gasteiger partial charge in [0.2, 0.25) is 0 Å². The van der Waals surface area contributed by atoms with Gasteiger partial charge in [0.05, 0.1) is 23.8 Å². The van der Waals surface area contributed by atoms with Crippen molar-refractivity contribution in [2.24, 2.45) is 0 Å². The Balaban J connectivity index is 2.35. The Morgan fingerprint density at radius 1 is 1.25 bits per heavy atom. The number of nitrogens with zero attached hydrogens (tertiary/aromatic N) is 1. The zero-order valence-electron chi connectivity index (χ0n) is 9.99. The minimum atomic E-state index is -0.141. The molecular weight excluding hydrogens is 202 g/mol. The minimum Gasteiger partial charge on any atom is -0.491 e. The Hall–Kier alpha value is -1.53. The van der Waals surface area contributed by atoms with Crippen molar-refractivity contribution in [1.82, 2.24) is 0 Å². The number of nitriles is 1. The van der Waals surface area contributed by atoms with Gasteiger partial charge in [0.25, 0.3) is 0 Å². The molecule has 0 heterocycles. The van der Waals surface area contributed by atoms with Crippen molar-refractivity contribution in [3.63, 3.8) is 0 Å². The molecule has 0 radical (unpaired) electrons. The van der Waals surface area contributed by atoms with Gasteiger partial charge in [-0.2, -0.15) is 5.26 Å². The molecule has 3 heteroatoms. The lowest BCUT2D eigenvalue weighted by Gasteiger charge is -2.19. The van der Waals surface area contributed by atoms with Gasteiger partial charge >= 0.3 is 0 Å². The predicted molar refractivity (Wildman–Crippen MR) is 62.4 cm³/mol. The molecule has 0 unspecified atom stereocenters. The molecule has 0 saturated heterocycles. The third-order valence-corrected chi connectivity index (χ3v) is 1.85. The van der Waals surface area contributed by atoms with Crippen molar-refractivity contribution in [3.8, 4) is 11.8 Å². The second-order valence-corrected chi connectivity index (χ2v) is 4.45. The highest BCUT2D eigenvalue weighted by atomic mass is 16.5. The maximum Gasteiger partial charge on any atom is 0.120 e. The van der Waals surface area contributed by atoms with E-state index in [0.29, 0.717) is 24.5 Å². The van der Waals surface area contributed by atoms with Gasteiger partial charge in [-0.05, 0) is 39.0 Å². The Bertz CT molecular complexity index is 374. The molecule has 1 aromatic carbocycles. The molecule has 0 fully saturated rings. The molecule has 1 aromatic rings. The van der Waals surface area contributed by atoms with Crippen LogP contribution in [-0.2, 0) is 4.74 Å². The molecule has 1 rings (SSSR count). The lowest BCUT2D eigenvalue weighted by molar-refractivity contribution is -0.0163. The van der Waals surface area contributed by atoms with Gasteiger partial charge in [-0.15, -0.1) is 0 Å². The summed E-state index contributed by atoms with van der Waals surface area (Å²) in [5.74, 6) is 0.705. The Kier molecular flexibility index (Phi) is 4.33. The lowest BCUT2D eigenvalue weighted by Crippen LogP contribution is -2.22. The molecule has 0 aliphatic carbocycles. The van der Waals surface area contributed by atoms with Crippen LogP contribution in [0.4, 0.5) is 0 Å². The Morgan fingerprint density at radius 2 is 2.00 bits per heavy atom. The van der Waals surface area contributed by atoms with Gasteiger partial charge in [0.15, 0.2) is 0 Å². The predicted octanol–water partition coefficient (Wildman–Crippen LogP) is 2.75. The number of benzene rings is 1. The van der Waals surface area contributed by atoms with Crippen molar-refractivity contribution in [2.75, 3.05) is 13.2 Å². The number of hydrogen-bond acceptors (Lipinski definition) is 3. The first-order chi connectivity index (χ1) is 7.51. The maximum atomic E-state index is 8.71. The summed E-state index contributed by atoms with van der Waals surface area (Å²) >= 11 is 0. The summed E-state index contributed by atoms with van der Waals surface area (Å²) in [4.78, 5) is 0. The maximum absolute atomic E-state index is 8.71. The zero-order valence-corrected chi connectivity index (χ0v) is 9.99. The average molecular weight is 219 g/mol. The first-order valence-electron chi connectivity index (χ1n) is 5.28. The average Bonchev–Trinajstić information content (AvgIpc) is 2.23. The van der Waals surface area contributed by atoms with Crippen LogP contribution in [0.5, 0.6) is 5.75 Å². The molecule has 0 atom stereocenters. The second-order valence-electron chi connectivity index (χ2n) is 4.45. The van der Waals surface area contributed by atoms with E-state index in [1.54, 1.807) is 18.2 Å². The van der Waals surface area contributed by atoms with Gasteiger partial charge in [-0.25, -0.2) is 0 Å². The summed E-state index contributed by atoms with van der Waals surface area (Å²) in [5, 5.41) is 8.71. The van der Waals surface area contributed by atoms with Crippen molar-refractivity contribution < 1.29 is 9.47 Å². The van der Waals surface area contributed by atoms with E-state index in [4.69, 9.17) is 14.7 Å². The molecule has 0 N–H and O–H groups in total. The minimum absolute atomic E-state index is 0.141. The number of hydrogen-bond donors (Lipinski definition) is 0. The monoisotopic (exact) mass is 219 g/mol. The molecule has 0 aromatic heterocycles. The van der Waals surface area contributed by atoms with Crippen LogP contribution in [0.3, 0.4) is 0 Å². The van der Waals surface area contributed by atoms with Crippen molar-refractivity contribution in [2.45, 2.75) is 26.4 Å². The molecule has 0 amide bonds. The highest BCUT2D eigenvalue weighted by Crippen LogP contribution is 2.13. The van der Waals surface area contributed by atoms with Crippen LogP contribution in [0.25, 0.3) is 0 Å². The van der Waals surface area contributed by atoms with Crippen LogP contribution in [0.15, 0.2) is 24.3 Å². The smallest absolute Gasteiger partial charge is 0.120 e. The normalized spacial score (nSPS) is 10.9. The quantitative estimate of drug-likeness (QED) is 0.731. The summed E-state index contributed by atoms with van der Waals surface area (Å²) in [6.07, 6.45) is 0. The summed E-state index contributed by atoms with van der Waals surface area (Å²) in [6, 6.07) is 9.17. The second kappa shape index (κ2) is 5.53. The van der Waals surface area contributed by atoms with E-state index in [1.807, 2.05) is 26.8 Å². The highest BCUT2D eigenvalue weighted by molar-refractivity contribution is 5.36. The lowest BCUT2D eigenvalue weighted by atomic mass is 10.2. The Morgan fingerprint density at radius 3 is 2.62 bits per heavy atom. The molecule has 0 aliphatic rings. The molecule has 0 bridgehead atoms. The Labute approximate surface area is 96.6 Å². The fourth-order valence-corrected chi connectivity index (χ4v) is 1.16. The first-order valence-corrected chi connectivity index (χ1v) is 5.28. The molecule has 0 spiro atoms. The van der Waals surface area contributed by atoms with Crippen LogP contribution in [0.1, 0.15) is 26.3 Å². The summed E-state index contributed by atoms with van der Waals surface area (Å²) < 4.78 is 11.0. The van der Waals surface area contributed by atoms with Crippen molar-refractivity contribution in [1.29, 1.82) is 5.26 Å². The van der Waals surface area contributed by atoms with Crippen LogP contribution in [0.2, 0.25) is 0 Å².